The average Bonchev–Trinajstić information content (AvgIpc) is 2.40. The quantitative estimate of drug-likeness (QED) is 0.548. The molecule has 1 aliphatic rings. The van der Waals surface area contributed by atoms with Crippen molar-refractivity contribution in [3.63, 3.8) is 0 Å². The Hall–Kier alpha value is -0.0800. The number of nitrogens with zero attached hydrogens (tertiary/aromatic N) is 1. The second-order valence-electron chi connectivity index (χ2n) is 9.21. The summed E-state index contributed by atoms with van der Waals surface area (Å²) in [4.78, 5) is 2.69. The normalized spacial score (nSPS) is 18.8. The first-order valence-corrected chi connectivity index (χ1v) is 9.55. The molecule has 0 aromatic heterocycles. The first-order valence-electron chi connectivity index (χ1n) is 9.55. The molecule has 1 fully saturated rings. The molecule has 0 saturated carbocycles. The molecule has 22 heavy (non-hydrogen) atoms. The molecular weight excluding hydrogens is 270 g/mol. The van der Waals surface area contributed by atoms with Gasteiger partial charge in [-0.1, -0.05) is 40.0 Å². The lowest BCUT2D eigenvalue weighted by atomic mass is 9.75. The molecule has 2 heteroatoms. The fraction of sp³-hybridized carbons (Fsp3) is 1.00. The van der Waals surface area contributed by atoms with Crippen molar-refractivity contribution in [3.8, 4) is 0 Å². The highest BCUT2D eigenvalue weighted by Gasteiger charge is 2.28. The molecule has 0 atom stereocenters. The summed E-state index contributed by atoms with van der Waals surface area (Å²) in [5, 5.41) is 0. The van der Waals surface area contributed by atoms with Gasteiger partial charge in [0.1, 0.15) is 0 Å². The standard InChI is InChI=1S/C20H41NO/c1-19(2,3)18-12-15-21(16-13-18)14-10-8-7-9-11-17-22-20(4,5)6/h18H,7-17H2,1-6H3. The smallest absolute Gasteiger partial charge is 0.0598 e. The second-order valence-corrected chi connectivity index (χ2v) is 9.21. The Morgan fingerprint density at radius 2 is 1.36 bits per heavy atom. The van der Waals surface area contributed by atoms with Crippen LogP contribution in [-0.4, -0.2) is 36.7 Å². The van der Waals surface area contributed by atoms with Crippen LogP contribution >= 0.6 is 0 Å². The van der Waals surface area contributed by atoms with E-state index in [1.165, 1.54) is 64.6 Å². The Labute approximate surface area is 140 Å². The highest BCUT2D eigenvalue weighted by atomic mass is 16.5. The van der Waals surface area contributed by atoms with E-state index < -0.39 is 0 Å². The molecule has 0 aromatic rings. The minimum atomic E-state index is 0.0270. The van der Waals surface area contributed by atoms with Gasteiger partial charge in [-0.2, -0.15) is 0 Å². The Morgan fingerprint density at radius 1 is 0.818 bits per heavy atom. The SMILES string of the molecule is CC(C)(C)OCCCCCCCN1CCC(C(C)(C)C)CC1. The van der Waals surface area contributed by atoms with Crippen LogP contribution in [0.4, 0.5) is 0 Å². The van der Waals surface area contributed by atoms with Gasteiger partial charge in [0, 0.05) is 6.61 Å². The minimum absolute atomic E-state index is 0.0270. The van der Waals surface area contributed by atoms with E-state index in [0.717, 1.165) is 12.5 Å². The zero-order chi connectivity index (χ0) is 16.6. The highest BCUT2D eigenvalue weighted by Crippen LogP contribution is 2.34. The van der Waals surface area contributed by atoms with Crippen molar-refractivity contribution in [3.05, 3.63) is 0 Å². The van der Waals surface area contributed by atoms with Crippen molar-refractivity contribution in [1.82, 2.24) is 4.90 Å². The van der Waals surface area contributed by atoms with E-state index >= 15 is 0 Å². The van der Waals surface area contributed by atoms with E-state index in [1.54, 1.807) is 0 Å². The maximum Gasteiger partial charge on any atom is 0.0598 e. The van der Waals surface area contributed by atoms with Crippen LogP contribution in [0.25, 0.3) is 0 Å². The van der Waals surface area contributed by atoms with Gasteiger partial charge < -0.3 is 9.64 Å². The Bertz CT molecular complexity index is 279. The molecule has 132 valence electrons. The number of ether oxygens (including phenoxy) is 1. The lowest BCUT2D eigenvalue weighted by molar-refractivity contribution is -0.00476. The van der Waals surface area contributed by atoms with Crippen LogP contribution in [0.3, 0.4) is 0 Å². The lowest BCUT2D eigenvalue weighted by Gasteiger charge is -2.38. The predicted molar refractivity (Wildman–Crippen MR) is 97.4 cm³/mol. The van der Waals surface area contributed by atoms with Gasteiger partial charge in [-0.25, -0.2) is 0 Å². The maximum atomic E-state index is 5.76. The zero-order valence-corrected chi connectivity index (χ0v) is 16.2. The van der Waals surface area contributed by atoms with E-state index in [4.69, 9.17) is 4.74 Å². The van der Waals surface area contributed by atoms with Crippen LogP contribution < -0.4 is 0 Å². The third-order valence-electron chi connectivity index (χ3n) is 4.97. The number of unbranched alkanes of at least 4 members (excludes halogenated alkanes) is 4. The summed E-state index contributed by atoms with van der Waals surface area (Å²) in [6.45, 7) is 18.5. The summed E-state index contributed by atoms with van der Waals surface area (Å²) < 4.78 is 5.76. The summed E-state index contributed by atoms with van der Waals surface area (Å²) in [6.07, 6.45) is 9.46. The van der Waals surface area contributed by atoms with Crippen molar-refractivity contribution < 1.29 is 4.74 Å². The van der Waals surface area contributed by atoms with Gasteiger partial charge in [0.25, 0.3) is 0 Å². The highest BCUT2D eigenvalue weighted by molar-refractivity contribution is 4.80. The fourth-order valence-electron chi connectivity index (χ4n) is 3.37. The Balaban J connectivity index is 1.94. The molecule has 0 amide bonds. The molecule has 2 nitrogen and oxygen atoms in total. The van der Waals surface area contributed by atoms with Crippen molar-refractivity contribution in [2.75, 3.05) is 26.2 Å². The van der Waals surface area contributed by atoms with Crippen LogP contribution in [0.2, 0.25) is 0 Å². The monoisotopic (exact) mass is 311 g/mol. The van der Waals surface area contributed by atoms with E-state index in [9.17, 15) is 0 Å². The largest absolute Gasteiger partial charge is 0.376 e. The number of hydrogen-bond acceptors (Lipinski definition) is 2. The molecule has 0 N–H and O–H groups in total. The van der Waals surface area contributed by atoms with Crippen molar-refractivity contribution in [2.24, 2.45) is 11.3 Å². The third kappa shape index (κ3) is 9.15. The molecule has 0 spiro atoms. The van der Waals surface area contributed by atoms with Crippen molar-refractivity contribution in [1.29, 1.82) is 0 Å². The molecule has 0 aromatic carbocycles. The molecule has 1 saturated heterocycles. The Kier molecular flexibility index (Phi) is 8.42. The minimum Gasteiger partial charge on any atom is -0.376 e. The second kappa shape index (κ2) is 9.27. The summed E-state index contributed by atoms with van der Waals surface area (Å²) in [5.74, 6) is 0.923. The van der Waals surface area contributed by atoms with E-state index in [1.807, 2.05) is 0 Å². The van der Waals surface area contributed by atoms with Gasteiger partial charge in [0.15, 0.2) is 0 Å². The molecule has 0 radical (unpaired) electrons. The molecule has 1 aliphatic heterocycles. The van der Waals surface area contributed by atoms with Crippen molar-refractivity contribution in [2.45, 2.75) is 92.1 Å². The zero-order valence-electron chi connectivity index (χ0n) is 16.2. The number of hydrogen-bond donors (Lipinski definition) is 0. The van der Waals surface area contributed by atoms with Gasteiger partial charge in [-0.15, -0.1) is 0 Å². The van der Waals surface area contributed by atoms with Crippen molar-refractivity contribution >= 4 is 0 Å². The van der Waals surface area contributed by atoms with Crippen LogP contribution in [-0.2, 0) is 4.74 Å². The van der Waals surface area contributed by atoms with Crippen LogP contribution in [0.1, 0.15) is 86.5 Å². The molecule has 1 heterocycles. The summed E-state index contributed by atoms with van der Waals surface area (Å²) in [5.41, 5.74) is 0.528. The molecule has 0 aliphatic carbocycles. The van der Waals surface area contributed by atoms with Crippen LogP contribution in [0.5, 0.6) is 0 Å². The molecule has 0 unspecified atom stereocenters. The average molecular weight is 312 g/mol. The fourth-order valence-corrected chi connectivity index (χ4v) is 3.37. The number of rotatable bonds is 8. The first-order chi connectivity index (χ1) is 10.2. The number of likely N-dealkylation sites (tertiary alicyclic amines) is 1. The summed E-state index contributed by atoms with van der Waals surface area (Å²) in [7, 11) is 0. The maximum absolute atomic E-state index is 5.76. The van der Waals surface area contributed by atoms with E-state index in [-0.39, 0.29) is 5.60 Å². The van der Waals surface area contributed by atoms with Gasteiger partial charge in [-0.3, -0.25) is 0 Å². The van der Waals surface area contributed by atoms with E-state index in [0.29, 0.717) is 5.41 Å². The lowest BCUT2D eigenvalue weighted by Crippen LogP contribution is -2.38. The summed E-state index contributed by atoms with van der Waals surface area (Å²) >= 11 is 0. The van der Waals surface area contributed by atoms with Gasteiger partial charge in [0.2, 0.25) is 0 Å². The first kappa shape index (κ1) is 20.0. The van der Waals surface area contributed by atoms with E-state index in [2.05, 4.69) is 46.4 Å². The van der Waals surface area contributed by atoms with Gasteiger partial charge in [0.05, 0.1) is 5.60 Å². The third-order valence-corrected chi connectivity index (χ3v) is 4.97. The number of piperidine rings is 1. The van der Waals surface area contributed by atoms with Gasteiger partial charge >= 0.3 is 0 Å². The molecule has 1 rings (SSSR count). The Morgan fingerprint density at radius 3 is 1.91 bits per heavy atom. The topological polar surface area (TPSA) is 12.5 Å². The summed E-state index contributed by atoms with van der Waals surface area (Å²) in [6, 6.07) is 0. The molecular formula is C20H41NO. The van der Waals surface area contributed by atoms with Crippen LogP contribution in [0.15, 0.2) is 0 Å². The predicted octanol–water partition coefficient (Wildman–Crippen LogP) is 5.51. The molecule has 0 bridgehead atoms. The van der Waals surface area contributed by atoms with Gasteiger partial charge in [-0.05, 0) is 77.4 Å². The van der Waals surface area contributed by atoms with Crippen LogP contribution in [0, 0.1) is 11.3 Å².